The number of rotatable bonds is 5. The van der Waals surface area contributed by atoms with Crippen LogP contribution in [0.15, 0.2) is 50.4 Å². The molecule has 0 saturated carbocycles. The third-order valence-electron chi connectivity index (χ3n) is 2.75. The Morgan fingerprint density at radius 1 is 1.35 bits per heavy atom. The third kappa shape index (κ3) is 3.88. The first-order valence-electron chi connectivity index (χ1n) is 5.95. The molecule has 2 N–H and O–H groups in total. The van der Waals surface area contributed by atoms with Gasteiger partial charge in [0.1, 0.15) is 0 Å². The molecule has 6 heteroatoms. The Labute approximate surface area is 129 Å². The summed E-state index contributed by atoms with van der Waals surface area (Å²) in [4.78, 5) is 12.9. The minimum absolute atomic E-state index is 0.135. The van der Waals surface area contributed by atoms with Gasteiger partial charge < -0.3 is 14.8 Å². The predicted octanol–water partition coefficient (Wildman–Crippen LogP) is 3.23. The highest BCUT2D eigenvalue weighted by atomic mass is 79.9. The first-order valence-corrected chi connectivity index (χ1v) is 7.97. The molecule has 0 spiro atoms. The van der Waals surface area contributed by atoms with Gasteiger partial charge in [0.2, 0.25) is 0 Å². The first-order chi connectivity index (χ1) is 9.60. The Hall–Kier alpha value is -1.24. The van der Waals surface area contributed by atoms with E-state index in [0.717, 1.165) is 10.5 Å². The van der Waals surface area contributed by atoms with Crippen LogP contribution in [0.1, 0.15) is 22.2 Å². The Bertz CT molecular complexity index is 582. The Kier molecular flexibility index (Phi) is 5.28. The summed E-state index contributed by atoms with van der Waals surface area (Å²) in [6.07, 6.45) is 1.25. The zero-order valence-electron chi connectivity index (χ0n) is 10.8. The van der Waals surface area contributed by atoms with Crippen LogP contribution in [0.3, 0.4) is 0 Å². The maximum Gasteiger partial charge on any atom is 0.287 e. The summed E-state index contributed by atoms with van der Waals surface area (Å²) < 4.78 is 5.63. The van der Waals surface area contributed by atoms with Gasteiger partial charge in [0.25, 0.3) is 5.91 Å². The number of benzene rings is 1. The Balaban J connectivity index is 1.91. The quantitative estimate of drug-likeness (QED) is 0.808. The molecule has 0 radical (unpaired) electrons. The summed E-state index contributed by atoms with van der Waals surface area (Å²) in [5.74, 6) is -0.141. The van der Waals surface area contributed by atoms with Crippen LogP contribution in [0, 0.1) is 0 Å². The van der Waals surface area contributed by atoms with Gasteiger partial charge in [0.15, 0.2) is 10.4 Å². The highest BCUT2D eigenvalue weighted by Crippen LogP contribution is 2.19. The molecular weight excluding hydrogens is 342 g/mol. The van der Waals surface area contributed by atoms with Crippen LogP contribution < -0.4 is 5.32 Å². The fourth-order valence-electron chi connectivity index (χ4n) is 1.66. The van der Waals surface area contributed by atoms with Crippen molar-refractivity contribution in [1.29, 1.82) is 0 Å². The molecule has 1 atom stereocenters. The lowest BCUT2D eigenvalue weighted by atomic mass is 10.1. The summed E-state index contributed by atoms with van der Waals surface area (Å²) in [5.41, 5.74) is 0.767. The lowest BCUT2D eigenvalue weighted by Crippen LogP contribution is -2.28. The SMILES string of the molecule is CSc1ccc(C(O)CNC(=O)c2ccc(Br)o2)cc1. The van der Waals surface area contributed by atoms with Gasteiger partial charge in [0, 0.05) is 11.4 Å². The second-order valence-corrected chi connectivity index (χ2v) is 5.76. The largest absolute Gasteiger partial charge is 0.444 e. The fourth-order valence-corrected chi connectivity index (χ4v) is 2.37. The number of nitrogens with one attached hydrogen (secondary N) is 1. The Morgan fingerprint density at radius 2 is 2.05 bits per heavy atom. The zero-order valence-corrected chi connectivity index (χ0v) is 13.2. The molecule has 106 valence electrons. The Morgan fingerprint density at radius 3 is 2.60 bits per heavy atom. The molecule has 2 rings (SSSR count). The van der Waals surface area contributed by atoms with E-state index < -0.39 is 6.10 Å². The zero-order chi connectivity index (χ0) is 14.5. The molecule has 4 nitrogen and oxygen atoms in total. The van der Waals surface area contributed by atoms with Gasteiger partial charge in [-0.2, -0.15) is 0 Å². The van der Waals surface area contributed by atoms with Gasteiger partial charge in [-0.1, -0.05) is 12.1 Å². The number of furan rings is 1. The van der Waals surface area contributed by atoms with E-state index in [1.54, 1.807) is 23.9 Å². The number of hydrogen-bond donors (Lipinski definition) is 2. The van der Waals surface area contributed by atoms with Crippen molar-refractivity contribution in [3.8, 4) is 0 Å². The van der Waals surface area contributed by atoms with E-state index in [1.165, 1.54) is 0 Å². The number of thioether (sulfide) groups is 1. The maximum absolute atomic E-state index is 11.8. The standard InChI is InChI=1S/C14H14BrNO3S/c1-20-10-4-2-9(3-5-10)11(17)8-16-14(18)12-6-7-13(15)19-12/h2-7,11,17H,8H2,1H3,(H,16,18). The molecule has 1 amide bonds. The van der Waals surface area contributed by atoms with E-state index >= 15 is 0 Å². The van der Waals surface area contributed by atoms with Crippen molar-refractivity contribution < 1.29 is 14.3 Å². The van der Waals surface area contributed by atoms with E-state index in [9.17, 15) is 9.90 Å². The third-order valence-corrected chi connectivity index (χ3v) is 3.92. The van der Waals surface area contributed by atoms with Crippen LogP contribution in [0.5, 0.6) is 0 Å². The maximum atomic E-state index is 11.8. The van der Waals surface area contributed by atoms with Gasteiger partial charge in [-0.05, 0) is 52.0 Å². The van der Waals surface area contributed by atoms with E-state index in [4.69, 9.17) is 4.42 Å². The highest BCUT2D eigenvalue weighted by molar-refractivity contribution is 9.10. The van der Waals surface area contributed by atoms with Crippen LogP contribution in [0.2, 0.25) is 0 Å². The predicted molar refractivity (Wildman–Crippen MR) is 81.9 cm³/mol. The van der Waals surface area contributed by atoms with E-state index in [1.807, 2.05) is 30.5 Å². The molecule has 1 unspecified atom stereocenters. The second kappa shape index (κ2) is 6.97. The summed E-state index contributed by atoms with van der Waals surface area (Å²) in [7, 11) is 0. The van der Waals surface area contributed by atoms with E-state index in [2.05, 4.69) is 21.2 Å². The summed E-state index contributed by atoms with van der Waals surface area (Å²) in [6.45, 7) is 0.135. The number of aliphatic hydroxyl groups is 1. The van der Waals surface area contributed by atoms with Gasteiger partial charge in [-0.15, -0.1) is 11.8 Å². The second-order valence-electron chi connectivity index (χ2n) is 4.10. The molecule has 0 aliphatic carbocycles. The van der Waals surface area contributed by atoms with Crippen molar-refractivity contribution in [3.63, 3.8) is 0 Å². The average molecular weight is 356 g/mol. The van der Waals surface area contributed by atoms with Gasteiger partial charge in [-0.3, -0.25) is 4.79 Å². The first kappa shape index (κ1) is 15.2. The summed E-state index contributed by atoms with van der Waals surface area (Å²) in [6, 6.07) is 10.8. The van der Waals surface area contributed by atoms with E-state index in [-0.39, 0.29) is 18.2 Å². The summed E-state index contributed by atoms with van der Waals surface area (Å²) >= 11 is 4.77. The number of amides is 1. The van der Waals surface area contributed by atoms with Crippen LogP contribution >= 0.6 is 27.7 Å². The molecule has 0 fully saturated rings. The van der Waals surface area contributed by atoms with Crippen molar-refractivity contribution >= 4 is 33.6 Å². The monoisotopic (exact) mass is 355 g/mol. The lowest BCUT2D eigenvalue weighted by Gasteiger charge is -2.12. The minimum Gasteiger partial charge on any atom is -0.444 e. The molecule has 1 heterocycles. The number of aliphatic hydroxyl groups excluding tert-OH is 1. The minimum atomic E-state index is -0.742. The van der Waals surface area contributed by atoms with Crippen molar-refractivity contribution in [2.24, 2.45) is 0 Å². The highest BCUT2D eigenvalue weighted by Gasteiger charge is 2.13. The van der Waals surface area contributed by atoms with Crippen LogP contribution in [0.4, 0.5) is 0 Å². The van der Waals surface area contributed by atoms with Crippen molar-refractivity contribution in [1.82, 2.24) is 5.32 Å². The van der Waals surface area contributed by atoms with Crippen molar-refractivity contribution in [2.45, 2.75) is 11.0 Å². The number of carbonyl (C=O) groups excluding carboxylic acids is 1. The smallest absolute Gasteiger partial charge is 0.287 e. The number of halogens is 1. The fraction of sp³-hybridized carbons (Fsp3) is 0.214. The molecule has 1 aromatic heterocycles. The molecule has 0 bridgehead atoms. The molecular formula is C14H14BrNO3S. The average Bonchev–Trinajstić information content (AvgIpc) is 2.91. The normalized spacial score (nSPS) is 12.2. The topological polar surface area (TPSA) is 62.5 Å². The molecule has 2 aromatic rings. The van der Waals surface area contributed by atoms with Crippen molar-refractivity contribution in [3.05, 3.63) is 52.4 Å². The lowest BCUT2D eigenvalue weighted by molar-refractivity contribution is 0.0888. The number of carbonyl (C=O) groups is 1. The molecule has 20 heavy (non-hydrogen) atoms. The van der Waals surface area contributed by atoms with Crippen LogP contribution in [0.25, 0.3) is 0 Å². The molecule has 0 aliphatic heterocycles. The van der Waals surface area contributed by atoms with Crippen molar-refractivity contribution in [2.75, 3.05) is 12.8 Å². The van der Waals surface area contributed by atoms with Gasteiger partial charge in [0.05, 0.1) is 6.10 Å². The summed E-state index contributed by atoms with van der Waals surface area (Å²) in [5, 5.41) is 12.7. The molecule has 0 saturated heterocycles. The van der Waals surface area contributed by atoms with E-state index in [0.29, 0.717) is 4.67 Å². The molecule has 0 aliphatic rings. The van der Waals surface area contributed by atoms with Crippen LogP contribution in [-0.2, 0) is 0 Å². The molecule has 1 aromatic carbocycles. The van der Waals surface area contributed by atoms with Gasteiger partial charge in [-0.25, -0.2) is 0 Å². The van der Waals surface area contributed by atoms with Gasteiger partial charge >= 0.3 is 0 Å². The van der Waals surface area contributed by atoms with Crippen LogP contribution in [-0.4, -0.2) is 23.8 Å². The number of hydrogen-bond acceptors (Lipinski definition) is 4.